The van der Waals surface area contributed by atoms with E-state index in [9.17, 15) is 4.79 Å². The molecule has 0 unspecified atom stereocenters. The fourth-order valence-electron chi connectivity index (χ4n) is 2.72. The molecule has 0 saturated heterocycles. The lowest BCUT2D eigenvalue weighted by Gasteiger charge is -2.11. The summed E-state index contributed by atoms with van der Waals surface area (Å²) in [4.78, 5) is 21.0. The van der Waals surface area contributed by atoms with Gasteiger partial charge in [-0.2, -0.15) is 0 Å². The first-order chi connectivity index (χ1) is 13.7. The molecule has 0 amide bonds. The van der Waals surface area contributed by atoms with Crippen LogP contribution in [0.3, 0.4) is 0 Å². The van der Waals surface area contributed by atoms with Crippen LogP contribution in [0.1, 0.15) is 15.9 Å². The average molecular weight is 391 g/mol. The highest BCUT2D eigenvalue weighted by molar-refractivity contribution is 6.30. The van der Waals surface area contributed by atoms with Crippen molar-refractivity contribution < 1.29 is 14.3 Å². The molecular weight excluding hydrogens is 376 g/mol. The number of aromatic nitrogens is 2. The van der Waals surface area contributed by atoms with Crippen LogP contribution in [0.4, 0.5) is 0 Å². The molecule has 2 aromatic heterocycles. The number of rotatable bonds is 5. The van der Waals surface area contributed by atoms with Gasteiger partial charge in [-0.3, -0.25) is 4.98 Å². The van der Waals surface area contributed by atoms with Crippen molar-refractivity contribution in [1.29, 1.82) is 0 Å². The molecule has 5 nitrogen and oxygen atoms in total. The van der Waals surface area contributed by atoms with E-state index in [-0.39, 0.29) is 6.61 Å². The van der Waals surface area contributed by atoms with E-state index in [0.717, 1.165) is 10.9 Å². The quantitative estimate of drug-likeness (QED) is 0.336. The minimum absolute atomic E-state index is 0.0106. The number of hydrogen-bond donors (Lipinski definition) is 0. The maximum absolute atomic E-state index is 12.6. The first kappa shape index (κ1) is 17.9. The summed E-state index contributed by atoms with van der Waals surface area (Å²) in [7, 11) is 0. The molecule has 0 bridgehead atoms. The fourth-order valence-corrected chi connectivity index (χ4v) is 2.92. The second-order valence-corrected chi connectivity index (χ2v) is 6.35. The zero-order valence-electron chi connectivity index (χ0n) is 14.7. The van der Waals surface area contributed by atoms with E-state index in [1.165, 1.54) is 0 Å². The van der Waals surface area contributed by atoms with E-state index >= 15 is 0 Å². The number of carbonyl (C=O) groups excluding carboxylic acids is 1. The zero-order chi connectivity index (χ0) is 19.3. The van der Waals surface area contributed by atoms with Crippen LogP contribution in [0.25, 0.3) is 10.9 Å². The molecule has 0 aliphatic heterocycles. The zero-order valence-corrected chi connectivity index (χ0v) is 15.5. The Morgan fingerprint density at radius 2 is 1.82 bits per heavy atom. The van der Waals surface area contributed by atoms with E-state index in [2.05, 4.69) is 9.97 Å². The maximum Gasteiger partial charge on any atom is 0.342 e. The van der Waals surface area contributed by atoms with Gasteiger partial charge in [0.25, 0.3) is 0 Å². The van der Waals surface area contributed by atoms with Crippen molar-refractivity contribution in [2.24, 2.45) is 0 Å². The smallest absolute Gasteiger partial charge is 0.342 e. The van der Waals surface area contributed by atoms with Crippen LogP contribution in [0.2, 0.25) is 5.15 Å². The molecule has 0 atom stereocenters. The summed E-state index contributed by atoms with van der Waals surface area (Å²) in [6, 6.07) is 19.9. The van der Waals surface area contributed by atoms with Gasteiger partial charge >= 0.3 is 5.97 Å². The van der Waals surface area contributed by atoms with Gasteiger partial charge in [0, 0.05) is 17.1 Å². The lowest BCUT2D eigenvalue weighted by molar-refractivity contribution is 0.0470. The highest BCUT2D eigenvalue weighted by Crippen LogP contribution is 2.26. The van der Waals surface area contributed by atoms with Gasteiger partial charge < -0.3 is 9.47 Å². The highest BCUT2D eigenvalue weighted by Gasteiger charge is 2.16. The Hall–Kier alpha value is -3.44. The number of halogens is 1. The van der Waals surface area contributed by atoms with Crippen LogP contribution < -0.4 is 4.74 Å². The minimum atomic E-state index is -0.510. The summed E-state index contributed by atoms with van der Waals surface area (Å²) in [6.07, 6.45) is 3.22. The molecule has 0 aliphatic carbocycles. The predicted molar refractivity (Wildman–Crippen MR) is 107 cm³/mol. The fraction of sp³-hybridized carbons (Fsp3) is 0.0455. The molecular formula is C22H15ClN2O3. The monoisotopic (exact) mass is 390 g/mol. The summed E-state index contributed by atoms with van der Waals surface area (Å²) in [5, 5.41) is 1.24. The van der Waals surface area contributed by atoms with Crippen molar-refractivity contribution >= 4 is 28.5 Å². The first-order valence-corrected chi connectivity index (χ1v) is 8.97. The second-order valence-electron chi connectivity index (χ2n) is 5.99. The lowest BCUT2D eigenvalue weighted by atomic mass is 10.1. The summed E-state index contributed by atoms with van der Waals surface area (Å²) in [5.74, 6) is 0.413. The largest absolute Gasteiger partial charge is 0.457 e. The van der Waals surface area contributed by atoms with E-state index < -0.39 is 5.97 Å². The van der Waals surface area contributed by atoms with E-state index in [1.807, 2.05) is 30.3 Å². The van der Waals surface area contributed by atoms with Crippen molar-refractivity contribution in [3.63, 3.8) is 0 Å². The topological polar surface area (TPSA) is 61.3 Å². The number of para-hydroxylation sites is 2. The standard InChI is InChI=1S/C22H15ClN2O3/c23-21-16(12-15-6-1-3-9-19(15)25-21)14-27-22(26)18-8-2-4-10-20(18)28-17-7-5-11-24-13-17/h1-13H,14H2. The molecule has 2 heterocycles. The number of hydrogen-bond acceptors (Lipinski definition) is 5. The lowest BCUT2D eigenvalue weighted by Crippen LogP contribution is -2.07. The molecule has 0 aliphatic rings. The van der Waals surface area contributed by atoms with Crippen molar-refractivity contribution in [3.8, 4) is 11.5 Å². The summed E-state index contributed by atoms with van der Waals surface area (Å²) in [5.41, 5.74) is 1.74. The summed E-state index contributed by atoms with van der Waals surface area (Å²) in [6.45, 7) is 0.0106. The molecule has 2 aromatic carbocycles. The van der Waals surface area contributed by atoms with E-state index in [0.29, 0.717) is 27.8 Å². The number of pyridine rings is 2. The van der Waals surface area contributed by atoms with Crippen LogP contribution in [-0.2, 0) is 11.3 Å². The third kappa shape index (κ3) is 3.94. The first-order valence-electron chi connectivity index (χ1n) is 8.59. The molecule has 0 N–H and O–H groups in total. The molecule has 0 radical (unpaired) electrons. The van der Waals surface area contributed by atoms with Crippen molar-refractivity contribution in [2.45, 2.75) is 6.61 Å². The molecule has 0 spiro atoms. The third-order valence-electron chi connectivity index (χ3n) is 4.08. The van der Waals surface area contributed by atoms with Gasteiger partial charge in [-0.25, -0.2) is 9.78 Å². The third-order valence-corrected chi connectivity index (χ3v) is 4.41. The van der Waals surface area contributed by atoms with Gasteiger partial charge in [0.1, 0.15) is 28.8 Å². The SMILES string of the molecule is O=C(OCc1cc2ccccc2nc1Cl)c1ccccc1Oc1cccnc1. The summed E-state index contributed by atoms with van der Waals surface area (Å²) >= 11 is 6.24. The molecule has 6 heteroatoms. The van der Waals surface area contributed by atoms with Gasteiger partial charge in [-0.15, -0.1) is 0 Å². The molecule has 4 aromatic rings. The summed E-state index contributed by atoms with van der Waals surface area (Å²) < 4.78 is 11.2. The van der Waals surface area contributed by atoms with Gasteiger partial charge in [0.05, 0.1) is 11.7 Å². The van der Waals surface area contributed by atoms with Crippen LogP contribution in [0.5, 0.6) is 11.5 Å². The number of carbonyl (C=O) groups is 1. The van der Waals surface area contributed by atoms with Crippen LogP contribution in [-0.4, -0.2) is 15.9 Å². The number of esters is 1. The number of ether oxygens (including phenoxy) is 2. The highest BCUT2D eigenvalue weighted by atomic mass is 35.5. The van der Waals surface area contributed by atoms with Crippen LogP contribution in [0, 0.1) is 0 Å². The van der Waals surface area contributed by atoms with E-state index in [1.54, 1.807) is 48.8 Å². The molecule has 0 saturated carbocycles. The van der Waals surface area contributed by atoms with Crippen molar-refractivity contribution in [3.05, 3.63) is 95.4 Å². The van der Waals surface area contributed by atoms with Crippen molar-refractivity contribution in [1.82, 2.24) is 9.97 Å². The predicted octanol–water partition coefficient (Wildman–Crippen LogP) is 5.43. The number of fused-ring (bicyclic) bond motifs is 1. The van der Waals surface area contributed by atoms with Gasteiger partial charge in [0.15, 0.2) is 0 Å². The van der Waals surface area contributed by atoms with Gasteiger partial charge in [0.2, 0.25) is 0 Å². The van der Waals surface area contributed by atoms with Crippen LogP contribution in [0.15, 0.2) is 79.1 Å². The average Bonchev–Trinajstić information content (AvgIpc) is 2.73. The molecule has 4 rings (SSSR count). The Morgan fingerprint density at radius 3 is 2.68 bits per heavy atom. The second kappa shape index (κ2) is 8.06. The van der Waals surface area contributed by atoms with Gasteiger partial charge in [-0.05, 0) is 36.4 Å². The maximum atomic E-state index is 12.6. The minimum Gasteiger partial charge on any atom is -0.457 e. The Kier molecular flexibility index (Phi) is 5.17. The molecule has 138 valence electrons. The normalized spacial score (nSPS) is 10.6. The Balaban J connectivity index is 1.52. The van der Waals surface area contributed by atoms with Gasteiger partial charge in [-0.1, -0.05) is 41.9 Å². The Morgan fingerprint density at radius 1 is 1.00 bits per heavy atom. The van der Waals surface area contributed by atoms with E-state index in [4.69, 9.17) is 21.1 Å². The Bertz CT molecular complexity index is 1130. The Labute approximate surface area is 166 Å². The molecule has 0 fully saturated rings. The number of benzene rings is 2. The number of nitrogens with zero attached hydrogens (tertiary/aromatic N) is 2. The molecule has 28 heavy (non-hydrogen) atoms. The van der Waals surface area contributed by atoms with Crippen molar-refractivity contribution in [2.75, 3.05) is 0 Å². The van der Waals surface area contributed by atoms with Crippen LogP contribution >= 0.6 is 11.6 Å².